The van der Waals surface area contributed by atoms with Crippen molar-refractivity contribution < 1.29 is 13.6 Å². The lowest BCUT2D eigenvalue weighted by Gasteiger charge is -2.08. The second-order valence-electron chi connectivity index (χ2n) is 7.16. The smallest absolute Gasteiger partial charge is 0.339 e. The zero-order valence-electron chi connectivity index (χ0n) is 16.3. The number of carbonyl (C=O) groups excluding carboxylic acids is 1. The third-order valence-corrected chi connectivity index (χ3v) is 5.37. The monoisotopic (exact) mass is 374 g/mol. The first-order valence-electron chi connectivity index (χ1n) is 9.61. The highest BCUT2D eigenvalue weighted by Gasteiger charge is 2.23. The number of fused-ring (bicyclic) bond motifs is 3. The van der Waals surface area contributed by atoms with Crippen molar-refractivity contribution >= 4 is 27.7 Å². The van der Waals surface area contributed by atoms with Gasteiger partial charge in [0.2, 0.25) is 5.78 Å². The van der Waals surface area contributed by atoms with Crippen LogP contribution in [-0.4, -0.2) is 5.78 Å². The molecule has 4 nitrogen and oxygen atoms in total. The van der Waals surface area contributed by atoms with Crippen LogP contribution in [0.3, 0.4) is 0 Å². The normalized spacial score (nSPS) is 11.4. The summed E-state index contributed by atoms with van der Waals surface area (Å²) in [5, 5.41) is 1.58. The second-order valence-corrected chi connectivity index (χ2v) is 7.16. The molecule has 0 saturated carbocycles. The van der Waals surface area contributed by atoms with E-state index in [1.807, 2.05) is 44.2 Å². The molecule has 0 unspecified atom stereocenters. The van der Waals surface area contributed by atoms with E-state index >= 15 is 0 Å². The van der Waals surface area contributed by atoms with Gasteiger partial charge in [0.1, 0.15) is 11.2 Å². The molecule has 0 aliphatic rings. The standard InChI is InChI=1S/C24H22O4/c1-4-5-11-18-14(2)17-12-13-19-20(23(17)28-24(18)26)15(3)22(27-19)21(25)16-9-7-6-8-10-16/h6-10,12-13H,4-5,11H2,1-3H3. The number of hydrogen-bond donors (Lipinski definition) is 0. The van der Waals surface area contributed by atoms with E-state index in [2.05, 4.69) is 6.92 Å². The minimum Gasteiger partial charge on any atom is -0.452 e. The molecule has 0 fully saturated rings. The van der Waals surface area contributed by atoms with Crippen molar-refractivity contribution in [1.82, 2.24) is 0 Å². The quantitative estimate of drug-likeness (QED) is 0.331. The van der Waals surface area contributed by atoms with E-state index in [9.17, 15) is 9.59 Å². The zero-order chi connectivity index (χ0) is 19.8. The van der Waals surface area contributed by atoms with Gasteiger partial charge in [0.05, 0.1) is 5.39 Å². The van der Waals surface area contributed by atoms with Crippen LogP contribution in [0.2, 0.25) is 0 Å². The molecule has 0 amide bonds. The molecule has 4 rings (SSSR count). The summed E-state index contributed by atoms with van der Waals surface area (Å²) in [7, 11) is 0. The Kier molecular flexibility index (Phi) is 4.63. The molecule has 2 heterocycles. The van der Waals surface area contributed by atoms with Gasteiger partial charge in [-0.25, -0.2) is 4.79 Å². The van der Waals surface area contributed by atoms with Gasteiger partial charge in [0, 0.05) is 22.1 Å². The van der Waals surface area contributed by atoms with Gasteiger partial charge in [0.15, 0.2) is 5.76 Å². The van der Waals surface area contributed by atoms with Gasteiger partial charge in [0.25, 0.3) is 0 Å². The van der Waals surface area contributed by atoms with Crippen molar-refractivity contribution in [3.8, 4) is 0 Å². The van der Waals surface area contributed by atoms with Crippen molar-refractivity contribution in [3.63, 3.8) is 0 Å². The van der Waals surface area contributed by atoms with E-state index < -0.39 is 0 Å². The lowest BCUT2D eigenvalue weighted by molar-refractivity contribution is 0.101. The van der Waals surface area contributed by atoms with Gasteiger partial charge in [-0.3, -0.25) is 4.79 Å². The van der Waals surface area contributed by atoms with E-state index in [1.165, 1.54) is 0 Å². The van der Waals surface area contributed by atoms with Crippen LogP contribution in [0.15, 0.2) is 56.1 Å². The molecule has 0 atom stereocenters. The number of benzene rings is 2. The molecule has 0 saturated heterocycles. The Morgan fingerprint density at radius 3 is 2.43 bits per heavy atom. The van der Waals surface area contributed by atoms with E-state index in [1.54, 1.807) is 12.1 Å². The number of aryl methyl sites for hydroxylation is 2. The molecule has 2 aromatic carbocycles. The first kappa shape index (κ1) is 18.2. The molecular weight excluding hydrogens is 352 g/mol. The fraction of sp³-hybridized carbons (Fsp3) is 0.250. The van der Waals surface area contributed by atoms with Crippen LogP contribution < -0.4 is 5.63 Å². The molecule has 28 heavy (non-hydrogen) atoms. The van der Waals surface area contributed by atoms with Crippen LogP contribution in [0.1, 0.15) is 52.6 Å². The topological polar surface area (TPSA) is 60.4 Å². The number of ketones is 1. The number of rotatable bonds is 5. The summed E-state index contributed by atoms with van der Waals surface area (Å²) >= 11 is 0. The zero-order valence-corrected chi connectivity index (χ0v) is 16.3. The molecule has 0 radical (unpaired) electrons. The first-order chi connectivity index (χ1) is 13.5. The number of furan rings is 1. The third-order valence-electron chi connectivity index (χ3n) is 5.37. The molecule has 0 aliphatic heterocycles. The van der Waals surface area contributed by atoms with Crippen molar-refractivity contribution in [2.75, 3.05) is 0 Å². The SMILES string of the molecule is CCCCc1c(C)c2ccc3oc(C(=O)c4ccccc4)c(C)c3c2oc1=O. The van der Waals surface area contributed by atoms with E-state index in [0.29, 0.717) is 34.1 Å². The fourth-order valence-corrected chi connectivity index (χ4v) is 3.76. The third kappa shape index (κ3) is 2.85. The summed E-state index contributed by atoms with van der Waals surface area (Å²) in [6.07, 6.45) is 2.67. The molecule has 0 bridgehead atoms. The predicted octanol–water partition coefficient (Wildman–Crippen LogP) is 5.73. The average molecular weight is 374 g/mol. The molecule has 2 aromatic heterocycles. The predicted molar refractivity (Wildman–Crippen MR) is 110 cm³/mol. The number of unbranched alkanes of at least 4 members (excludes halogenated alkanes) is 1. The molecule has 0 spiro atoms. The second kappa shape index (κ2) is 7.12. The van der Waals surface area contributed by atoms with E-state index in [-0.39, 0.29) is 17.2 Å². The van der Waals surface area contributed by atoms with Crippen LogP contribution in [-0.2, 0) is 6.42 Å². The Balaban J connectivity index is 1.95. The van der Waals surface area contributed by atoms with Gasteiger partial charge in [-0.2, -0.15) is 0 Å². The van der Waals surface area contributed by atoms with Gasteiger partial charge < -0.3 is 8.83 Å². The highest BCUT2D eigenvalue weighted by Crippen LogP contribution is 2.34. The van der Waals surface area contributed by atoms with Gasteiger partial charge in [-0.15, -0.1) is 0 Å². The van der Waals surface area contributed by atoms with Crippen LogP contribution in [0, 0.1) is 13.8 Å². The van der Waals surface area contributed by atoms with Crippen molar-refractivity contribution in [2.45, 2.75) is 40.0 Å². The fourth-order valence-electron chi connectivity index (χ4n) is 3.76. The Labute approximate surface area is 162 Å². The molecular formula is C24H22O4. The number of carbonyl (C=O) groups is 1. The van der Waals surface area contributed by atoms with E-state index in [0.717, 1.165) is 29.4 Å². The maximum Gasteiger partial charge on any atom is 0.339 e. The molecule has 4 aromatic rings. The van der Waals surface area contributed by atoms with Crippen LogP contribution in [0.25, 0.3) is 21.9 Å². The first-order valence-corrected chi connectivity index (χ1v) is 9.61. The maximum atomic E-state index is 12.9. The Hall–Kier alpha value is -3.14. The summed E-state index contributed by atoms with van der Waals surface area (Å²) in [4.78, 5) is 25.5. The highest BCUT2D eigenvalue weighted by atomic mass is 16.4. The van der Waals surface area contributed by atoms with Gasteiger partial charge >= 0.3 is 5.63 Å². The minimum absolute atomic E-state index is 0.180. The summed E-state index contributed by atoms with van der Waals surface area (Å²) in [5.74, 6) is 0.102. The summed E-state index contributed by atoms with van der Waals surface area (Å²) < 4.78 is 11.6. The molecule has 4 heteroatoms. The Morgan fingerprint density at radius 1 is 0.964 bits per heavy atom. The van der Waals surface area contributed by atoms with E-state index in [4.69, 9.17) is 8.83 Å². The Morgan fingerprint density at radius 2 is 1.71 bits per heavy atom. The van der Waals surface area contributed by atoms with Crippen molar-refractivity contribution in [3.05, 3.63) is 80.9 Å². The molecule has 0 aliphatic carbocycles. The highest BCUT2D eigenvalue weighted by molar-refractivity contribution is 6.14. The lowest BCUT2D eigenvalue weighted by atomic mass is 9.99. The molecule has 0 N–H and O–H groups in total. The van der Waals surface area contributed by atoms with Crippen molar-refractivity contribution in [1.29, 1.82) is 0 Å². The Bertz CT molecular complexity index is 1240. The van der Waals surface area contributed by atoms with Crippen LogP contribution in [0.4, 0.5) is 0 Å². The van der Waals surface area contributed by atoms with Gasteiger partial charge in [-0.05, 0) is 44.4 Å². The average Bonchev–Trinajstić information content (AvgIpc) is 3.05. The maximum absolute atomic E-state index is 12.9. The van der Waals surface area contributed by atoms with Crippen LogP contribution in [0.5, 0.6) is 0 Å². The largest absolute Gasteiger partial charge is 0.452 e. The molecule has 142 valence electrons. The lowest BCUT2D eigenvalue weighted by Crippen LogP contribution is -2.10. The van der Waals surface area contributed by atoms with Crippen molar-refractivity contribution in [2.24, 2.45) is 0 Å². The van der Waals surface area contributed by atoms with Crippen LogP contribution >= 0.6 is 0 Å². The number of hydrogen-bond acceptors (Lipinski definition) is 4. The summed E-state index contributed by atoms with van der Waals surface area (Å²) in [6, 6.07) is 12.8. The summed E-state index contributed by atoms with van der Waals surface area (Å²) in [6.45, 7) is 5.89. The minimum atomic E-state index is -0.303. The van der Waals surface area contributed by atoms with Gasteiger partial charge in [-0.1, -0.05) is 43.7 Å². The summed E-state index contributed by atoms with van der Waals surface area (Å²) in [5.41, 5.74) is 3.67.